The molecule has 8 heteroatoms. The number of carbonyl (C=O) groups is 1. The SMILES string of the molecule is CCOc1ccc(S(=O)(=O)NCC2CN(c3ccccc3)C(=O)O2)cc1. The molecule has 138 valence electrons. The highest BCUT2D eigenvalue weighted by molar-refractivity contribution is 7.89. The van der Waals surface area contributed by atoms with E-state index in [1.54, 1.807) is 24.3 Å². The second-order valence-electron chi connectivity index (χ2n) is 5.71. The molecule has 3 rings (SSSR count). The van der Waals surface area contributed by atoms with Gasteiger partial charge in [0, 0.05) is 12.2 Å². The molecule has 1 heterocycles. The summed E-state index contributed by atoms with van der Waals surface area (Å²) in [6.45, 7) is 2.66. The summed E-state index contributed by atoms with van der Waals surface area (Å²) in [6.07, 6.45) is -1.04. The maximum absolute atomic E-state index is 12.4. The van der Waals surface area contributed by atoms with Gasteiger partial charge in [0.05, 0.1) is 18.0 Å². The zero-order valence-electron chi connectivity index (χ0n) is 14.3. The van der Waals surface area contributed by atoms with Gasteiger partial charge >= 0.3 is 6.09 Å². The predicted octanol–water partition coefficient (Wildman–Crippen LogP) is 2.39. The summed E-state index contributed by atoms with van der Waals surface area (Å²) < 4.78 is 37.8. The van der Waals surface area contributed by atoms with Crippen molar-refractivity contribution in [1.29, 1.82) is 0 Å². The molecule has 2 aromatic carbocycles. The molecule has 2 aromatic rings. The van der Waals surface area contributed by atoms with Gasteiger partial charge in [0.15, 0.2) is 0 Å². The Morgan fingerprint density at radius 3 is 2.50 bits per heavy atom. The Morgan fingerprint density at radius 1 is 1.15 bits per heavy atom. The van der Waals surface area contributed by atoms with Crippen molar-refractivity contribution in [2.24, 2.45) is 0 Å². The molecule has 1 fully saturated rings. The van der Waals surface area contributed by atoms with Crippen LogP contribution in [0.3, 0.4) is 0 Å². The van der Waals surface area contributed by atoms with E-state index in [-0.39, 0.29) is 18.0 Å². The summed E-state index contributed by atoms with van der Waals surface area (Å²) in [5.74, 6) is 0.606. The number of carbonyl (C=O) groups excluding carboxylic acids is 1. The Kier molecular flexibility index (Phi) is 5.43. The molecule has 0 aliphatic carbocycles. The highest BCUT2D eigenvalue weighted by atomic mass is 32.2. The molecule has 1 atom stereocenters. The van der Waals surface area contributed by atoms with Crippen LogP contribution in [0.1, 0.15) is 6.92 Å². The molecule has 0 spiro atoms. The quantitative estimate of drug-likeness (QED) is 0.802. The molecule has 26 heavy (non-hydrogen) atoms. The summed E-state index contributed by atoms with van der Waals surface area (Å²) in [7, 11) is -3.69. The number of nitrogens with one attached hydrogen (secondary N) is 1. The third-order valence-electron chi connectivity index (χ3n) is 3.89. The van der Waals surface area contributed by atoms with Crippen LogP contribution in [0.5, 0.6) is 5.75 Å². The van der Waals surface area contributed by atoms with Gasteiger partial charge in [-0.1, -0.05) is 18.2 Å². The Morgan fingerprint density at radius 2 is 1.85 bits per heavy atom. The maximum Gasteiger partial charge on any atom is 0.414 e. The standard InChI is InChI=1S/C18H20N2O5S/c1-2-24-15-8-10-17(11-9-15)26(22,23)19-12-16-13-20(18(21)25-16)14-6-4-3-5-7-14/h3-11,16,19H,2,12-13H2,1H3. The summed E-state index contributed by atoms with van der Waals surface area (Å²) in [4.78, 5) is 13.6. The van der Waals surface area contributed by atoms with Crippen LogP contribution in [0.15, 0.2) is 59.5 Å². The van der Waals surface area contributed by atoms with E-state index < -0.39 is 22.2 Å². The molecule has 1 amide bonds. The summed E-state index contributed by atoms with van der Waals surface area (Å²) in [5, 5.41) is 0. The molecule has 0 radical (unpaired) electrons. The second kappa shape index (κ2) is 7.76. The van der Waals surface area contributed by atoms with Crippen molar-refractivity contribution in [2.75, 3.05) is 24.6 Å². The van der Waals surface area contributed by atoms with Gasteiger partial charge in [0.1, 0.15) is 11.9 Å². The van der Waals surface area contributed by atoms with Gasteiger partial charge in [-0.15, -0.1) is 0 Å². The Hall–Kier alpha value is -2.58. The van der Waals surface area contributed by atoms with Gasteiger partial charge in [0.25, 0.3) is 0 Å². The molecule has 1 aliphatic rings. The van der Waals surface area contributed by atoms with E-state index in [0.717, 1.165) is 5.69 Å². The largest absolute Gasteiger partial charge is 0.494 e. The number of nitrogens with zero attached hydrogens (tertiary/aromatic N) is 1. The zero-order chi connectivity index (χ0) is 18.6. The van der Waals surface area contributed by atoms with Crippen LogP contribution in [0, 0.1) is 0 Å². The van der Waals surface area contributed by atoms with Gasteiger partial charge < -0.3 is 9.47 Å². The molecule has 1 saturated heterocycles. The van der Waals surface area contributed by atoms with Gasteiger partial charge in [-0.05, 0) is 43.3 Å². The minimum Gasteiger partial charge on any atom is -0.494 e. The molecule has 1 unspecified atom stereocenters. The lowest BCUT2D eigenvalue weighted by Crippen LogP contribution is -2.34. The number of rotatable bonds is 7. The Balaban J connectivity index is 1.60. The lowest BCUT2D eigenvalue weighted by Gasteiger charge is -2.13. The van der Waals surface area contributed by atoms with Gasteiger partial charge in [-0.2, -0.15) is 0 Å². The van der Waals surface area contributed by atoms with Crippen LogP contribution in [-0.4, -0.2) is 40.3 Å². The van der Waals surface area contributed by atoms with E-state index >= 15 is 0 Å². The van der Waals surface area contributed by atoms with Crippen molar-refractivity contribution in [3.63, 3.8) is 0 Å². The first-order valence-electron chi connectivity index (χ1n) is 8.25. The van der Waals surface area contributed by atoms with E-state index in [9.17, 15) is 13.2 Å². The number of para-hydroxylation sites is 1. The third-order valence-corrected chi connectivity index (χ3v) is 5.33. The van der Waals surface area contributed by atoms with Crippen LogP contribution in [0.25, 0.3) is 0 Å². The lowest BCUT2D eigenvalue weighted by atomic mass is 10.3. The summed E-state index contributed by atoms with van der Waals surface area (Å²) in [6, 6.07) is 15.3. The van der Waals surface area contributed by atoms with Gasteiger partial charge in [0.2, 0.25) is 10.0 Å². The molecular weight excluding hydrogens is 356 g/mol. The molecule has 0 aromatic heterocycles. The Bertz CT molecular complexity index is 853. The first-order valence-corrected chi connectivity index (χ1v) is 9.73. The fourth-order valence-corrected chi connectivity index (χ4v) is 3.68. The minimum atomic E-state index is -3.69. The van der Waals surface area contributed by atoms with Gasteiger partial charge in [-0.25, -0.2) is 17.9 Å². The normalized spacial score (nSPS) is 17.2. The summed E-state index contributed by atoms with van der Waals surface area (Å²) in [5.41, 5.74) is 0.717. The van der Waals surface area contributed by atoms with E-state index in [1.165, 1.54) is 17.0 Å². The van der Waals surface area contributed by atoms with Crippen LogP contribution < -0.4 is 14.4 Å². The number of hydrogen-bond acceptors (Lipinski definition) is 5. The topological polar surface area (TPSA) is 84.9 Å². The van der Waals surface area contributed by atoms with E-state index in [4.69, 9.17) is 9.47 Å². The van der Waals surface area contributed by atoms with Crippen molar-refractivity contribution in [1.82, 2.24) is 4.72 Å². The molecular formula is C18H20N2O5S. The average molecular weight is 376 g/mol. The summed E-state index contributed by atoms with van der Waals surface area (Å²) >= 11 is 0. The van der Waals surface area contributed by atoms with Crippen molar-refractivity contribution >= 4 is 21.8 Å². The number of benzene rings is 2. The fourth-order valence-electron chi connectivity index (χ4n) is 2.61. The molecule has 0 saturated carbocycles. The van der Waals surface area contributed by atoms with Crippen LogP contribution in [0.2, 0.25) is 0 Å². The minimum absolute atomic E-state index is 0.00458. The fraction of sp³-hybridized carbons (Fsp3) is 0.278. The molecule has 1 N–H and O–H groups in total. The van der Waals surface area contributed by atoms with E-state index in [1.807, 2.05) is 25.1 Å². The second-order valence-corrected chi connectivity index (χ2v) is 7.48. The van der Waals surface area contributed by atoms with E-state index in [0.29, 0.717) is 12.4 Å². The zero-order valence-corrected chi connectivity index (χ0v) is 15.1. The van der Waals surface area contributed by atoms with Crippen LogP contribution >= 0.6 is 0 Å². The smallest absolute Gasteiger partial charge is 0.414 e. The van der Waals surface area contributed by atoms with Crippen molar-refractivity contribution in [3.8, 4) is 5.75 Å². The van der Waals surface area contributed by atoms with Crippen molar-refractivity contribution in [2.45, 2.75) is 17.9 Å². The predicted molar refractivity (Wildman–Crippen MR) is 96.9 cm³/mol. The first kappa shape index (κ1) is 18.2. The molecule has 1 aliphatic heterocycles. The average Bonchev–Trinajstić information content (AvgIpc) is 3.02. The van der Waals surface area contributed by atoms with Gasteiger partial charge in [-0.3, -0.25) is 4.90 Å². The third kappa shape index (κ3) is 4.14. The highest BCUT2D eigenvalue weighted by Crippen LogP contribution is 2.21. The number of hydrogen-bond donors (Lipinski definition) is 1. The highest BCUT2D eigenvalue weighted by Gasteiger charge is 2.33. The number of cyclic esters (lactones) is 1. The van der Waals surface area contributed by atoms with Crippen LogP contribution in [-0.2, 0) is 14.8 Å². The number of sulfonamides is 1. The monoisotopic (exact) mass is 376 g/mol. The van der Waals surface area contributed by atoms with Crippen LogP contribution in [0.4, 0.5) is 10.5 Å². The number of amides is 1. The Labute approximate surface area is 152 Å². The van der Waals surface area contributed by atoms with Crippen molar-refractivity contribution in [3.05, 3.63) is 54.6 Å². The number of ether oxygens (including phenoxy) is 2. The van der Waals surface area contributed by atoms with Crippen molar-refractivity contribution < 1.29 is 22.7 Å². The number of anilines is 1. The lowest BCUT2D eigenvalue weighted by molar-refractivity contribution is 0.143. The first-order chi connectivity index (χ1) is 12.5. The maximum atomic E-state index is 12.4. The van der Waals surface area contributed by atoms with E-state index in [2.05, 4.69) is 4.72 Å². The molecule has 7 nitrogen and oxygen atoms in total. The molecule has 0 bridgehead atoms.